The van der Waals surface area contributed by atoms with Crippen molar-refractivity contribution >= 4 is 27.3 Å². The first-order valence-corrected chi connectivity index (χ1v) is 13.4. The molecule has 4 rings (SSSR count). The Morgan fingerprint density at radius 2 is 1.88 bits per heavy atom. The van der Waals surface area contributed by atoms with Gasteiger partial charge < -0.3 is 9.47 Å². The van der Waals surface area contributed by atoms with Crippen LogP contribution in [-0.4, -0.2) is 56.9 Å². The lowest BCUT2D eigenvalue weighted by Crippen LogP contribution is -2.36. The summed E-state index contributed by atoms with van der Waals surface area (Å²) < 4.78 is 39.3. The van der Waals surface area contributed by atoms with E-state index in [2.05, 4.69) is 11.0 Å². The van der Waals surface area contributed by atoms with Crippen molar-refractivity contribution in [2.45, 2.75) is 49.9 Å². The Bertz CT molecular complexity index is 1070. The van der Waals surface area contributed by atoms with Crippen molar-refractivity contribution < 1.29 is 22.7 Å². The number of hydrogen-bond donors (Lipinski definition) is 0. The molecule has 0 atom stereocenters. The van der Waals surface area contributed by atoms with Gasteiger partial charge in [0.05, 0.1) is 19.3 Å². The average molecular weight is 479 g/mol. The average Bonchev–Trinajstić information content (AvgIpc) is 3.20. The van der Waals surface area contributed by atoms with Gasteiger partial charge >= 0.3 is 5.97 Å². The molecule has 0 bridgehead atoms. The highest BCUT2D eigenvalue weighted by Crippen LogP contribution is 2.39. The molecule has 2 aliphatic heterocycles. The minimum Gasteiger partial charge on any atom is -0.494 e. The largest absolute Gasteiger partial charge is 0.494 e. The van der Waals surface area contributed by atoms with Crippen LogP contribution in [0.1, 0.15) is 52.5 Å². The molecule has 9 heteroatoms. The molecular formula is C23H30N2O5S2. The van der Waals surface area contributed by atoms with Crippen LogP contribution in [0.2, 0.25) is 0 Å². The lowest BCUT2D eigenvalue weighted by atomic mass is 10.0. The quantitative estimate of drug-likeness (QED) is 0.565. The van der Waals surface area contributed by atoms with Gasteiger partial charge in [0.2, 0.25) is 0 Å². The molecule has 2 aliphatic rings. The van der Waals surface area contributed by atoms with E-state index in [4.69, 9.17) is 9.47 Å². The number of fused-ring (bicyclic) bond motifs is 1. The van der Waals surface area contributed by atoms with Crippen molar-refractivity contribution in [2.24, 2.45) is 0 Å². The van der Waals surface area contributed by atoms with Crippen LogP contribution in [0, 0.1) is 0 Å². The lowest BCUT2D eigenvalue weighted by Gasteiger charge is -2.27. The molecule has 7 nitrogen and oxygen atoms in total. The Morgan fingerprint density at radius 1 is 1.12 bits per heavy atom. The Balaban J connectivity index is 1.64. The van der Waals surface area contributed by atoms with E-state index in [1.54, 1.807) is 0 Å². The number of piperidine rings is 1. The molecule has 0 aliphatic carbocycles. The molecule has 2 aromatic rings. The number of sulfonamides is 1. The summed E-state index contributed by atoms with van der Waals surface area (Å²) in [7, 11) is -2.41. The fourth-order valence-corrected chi connectivity index (χ4v) is 8.03. The number of carbonyl (C=O) groups is 1. The number of para-hydroxylation sites is 1. The van der Waals surface area contributed by atoms with E-state index in [9.17, 15) is 13.2 Å². The van der Waals surface area contributed by atoms with Crippen LogP contribution in [0.25, 0.3) is 0 Å². The molecule has 1 fully saturated rings. The third-order valence-corrected chi connectivity index (χ3v) is 9.66. The maximum atomic E-state index is 13.4. The summed E-state index contributed by atoms with van der Waals surface area (Å²) in [6.45, 7) is 5.62. The summed E-state index contributed by atoms with van der Waals surface area (Å²) in [4.78, 5) is 15.9. The maximum Gasteiger partial charge on any atom is 0.340 e. The fourth-order valence-electron chi connectivity index (χ4n) is 4.45. The Morgan fingerprint density at radius 3 is 2.59 bits per heavy atom. The first-order chi connectivity index (χ1) is 15.5. The van der Waals surface area contributed by atoms with Crippen molar-refractivity contribution in [1.29, 1.82) is 0 Å². The molecule has 0 saturated carbocycles. The van der Waals surface area contributed by atoms with Gasteiger partial charge in [-0.1, -0.05) is 24.6 Å². The van der Waals surface area contributed by atoms with Crippen LogP contribution in [0.15, 0.2) is 28.5 Å². The lowest BCUT2D eigenvalue weighted by molar-refractivity contribution is 0.0595. The van der Waals surface area contributed by atoms with E-state index in [0.717, 1.165) is 47.6 Å². The Hall–Kier alpha value is -1.94. The van der Waals surface area contributed by atoms with Gasteiger partial charge in [-0.15, -0.1) is 11.3 Å². The van der Waals surface area contributed by atoms with E-state index >= 15 is 0 Å². The Labute approximate surface area is 194 Å². The zero-order chi connectivity index (χ0) is 22.7. The number of hydrogen-bond acceptors (Lipinski definition) is 7. The van der Waals surface area contributed by atoms with Crippen LogP contribution >= 0.6 is 11.3 Å². The molecule has 0 N–H and O–H groups in total. The van der Waals surface area contributed by atoms with Gasteiger partial charge in [0, 0.05) is 43.2 Å². The summed E-state index contributed by atoms with van der Waals surface area (Å²) >= 11 is 1.23. The van der Waals surface area contributed by atoms with Gasteiger partial charge in [0.15, 0.2) is 0 Å². The summed E-state index contributed by atoms with van der Waals surface area (Å²) in [5.74, 6) is 0.309. The van der Waals surface area contributed by atoms with Crippen molar-refractivity contribution in [2.75, 3.05) is 33.4 Å². The van der Waals surface area contributed by atoms with Crippen molar-refractivity contribution in [3.05, 3.63) is 45.8 Å². The van der Waals surface area contributed by atoms with Crippen LogP contribution in [0.3, 0.4) is 0 Å². The number of ether oxygens (including phenoxy) is 2. The predicted molar refractivity (Wildman–Crippen MR) is 124 cm³/mol. The van der Waals surface area contributed by atoms with Crippen molar-refractivity contribution in [1.82, 2.24) is 9.21 Å². The van der Waals surface area contributed by atoms with Gasteiger partial charge in [-0.2, -0.15) is 4.31 Å². The monoisotopic (exact) mass is 478 g/mol. The van der Waals surface area contributed by atoms with E-state index in [1.807, 2.05) is 25.1 Å². The zero-order valence-corrected chi connectivity index (χ0v) is 20.3. The molecule has 0 unspecified atom stereocenters. The first kappa shape index (κ1) is 23.2. The number of benzene rings is 1. The van der Waals surface area contributed by atoms with Gasteiger partial charge in [0.1, 0.15) is 9.96 Å². The third kappa shape index (κ3) is 4.57. The zero-order valence-electron chi connectivity index (χ0n) is 18.6. The summed E-state index contributed by atoms with van der Waals surface area (Å²) in [5, 5.41) is 0. The van der Waals surface area contributed by atoms with E-state index in [0.29, 0.717) is 39.2 Å². The second-order valence-electron chi connectivity index (χ2n) is 8.12. The number of methoxy groups -OCH3 is 1. The van der Waals surface area contributed by atoms with Crippen LogP contribution in [0.4, 0.5) is 0 Å². The van der Waals surface area contributed by atoms with Crippen LogP contribution < -0.4 is 4.74 Å². The molecule has 1 aromatic carbocycles. The minimum absolute atomic E-state index is 0.146. The van der Waals surface area contributed by atoms with E-state index in [-0.39, 0.29) is 9.77 Å². The highest BCUT2D eigenvalue weighted by molar-refractivity contribution is 7.91. The number of esters is 1. The molecule has 1 aromatic heterocycles. The molecule has 1 saturated heterocycles. The third-order valence-electron chi connectivity index (χ3n) is 6.05. The molecule has 0 amide bonds. The smallest absolute Gasteiger partial charge is 0.340 e. The van der Waals surface area contributed by atoms with Crippen LogP contribution in [-0.2, 0) is 34.3 Å². The number of rotatable bonds is 7. The number of nitrogens with zero attached hydrogens (tertiary/aromatic N) is 2. The maximum absolute atomic E-state index is 13.4. The van der Waals surface area contributed by atoms with Crippen molar-refractivity contribution in [3.8, 4) is 5.75 Å². The van der Waals surface area contributed by atoms with Gasteiger partial charge in [-0.3, -0.25) is 4.90 Å². The molecule has 3 heterocycles. The fraction of sp³-hybridized carbons (Fsp3) is 0.522. The van der Waals surface area contributed by atoms with Gasteiger partial charge in [0.25, 0.3) is 10.0 Å². The highest BCUT2D eigenvalue weighted by Gasteiger charge is 2.37. The Kier molecular flexibility index (Phi) is 7.19. The topological polar surface area (TPSA) is 76.2 Å². The molecule has 0 spiro atoms. The number of carbonyl (C=O) groups excluding carboxylic acids is 1. The van der Waals surface area contributed by atoms with Gasteiger partial charge in [-0.25, -0.2) is 13.2 Å². The molecule has 174 valence electrons. The standard InChI is InChI=1S/C23H30N2O5S2/c1-3-30-19-10-6-5-9-17(19)15-24-14-11-18-20(16-24)31-23(21(18)22(26)29-2)32(27,28)25-12-7-4-8-13-25/h5-6,9-10H,3-4,7-8,11-16H2,1-2H3. The minimum atomic E-state index is -3.72. The summed E-state index contributed by atoms with van der Waals surface area (Å²) in [6, 6.07) is 7.98. The van der Waals surface area contributed by atoms with Crippen LogP contribution in [0.5, 0.6) is 5.75 Å². The first-order valence-electron chi connectivity index (χ1n) is 11.1. The molecule has 32 heavy (non-hydrogen) atoms. The van der Waals surface area contributed by atoms with Crippen molar-refractivity contribution in [3.63, 3.8) is 0 Å². The SMILES string of the molecule is CCOc1ccccc1CN1CCc2c(sc(S(=O)(=O)N3CCCCC3)c2C(=O)OC)C1. The summed E-state index contributed by atoms with van der Waals surface area (Å²) in [6.07, 6.45) is 3.35. The van der Waals surface area contributed by atoms with E-state index < -0.39 is 16.0 Å². The normalized spacial score (nSPS) is 17.7. The number of thiophene rings is 1. The molecule has 0 radical (unpaired) electrons. The second-order valence-corrected chi connectivity index (χ2v) is 11.4. The highest BCUT2D eigenvalue weighted by atomic mass is 32.2. The second kappa shape index (κ2) is 9.91. The predicted octanol–water partition coefficient (Wildman–Crippen LogP) is 3.67. The molecular weight excluding hydrogens is 448 g/mol. The van der Waals surface area contributed by atoms with E-state index in [1.165, 1.54) is 22.8 Å². The van der Waals surface area contributed by atoms with Gasteiger partial charge in [-0.05, 0) is 37.8 Å². The summed E-state index contributed by atoms with van der Waals surface area (Å²) in [5.41, 5.74) is 2.17.